The minimum Gasteiger partial charge on any atom is -0.493 e. The van der Waals surface area contributed by atoms with Crippen molar-refractivity contribution in [1.82, 2.24) is 4.98 Å². The molecule has 136 valence electrons. The molecule has 5 heteroatoms. The number of aryl methyl sites for hydroxylation is 1. The summed E-state index contributed by atoms with van der Waals surface area (Å²) in [6.45, 7) is 4.58. The molecule has 0 saturated heterocycles. The van der Waals surface area contributed by atoms with E-state index in [-0.39, 0.29) is 5.82 Å². The average molecular weight is 422 g/mol. The van der Waals surface area contributed by atoms with Crippen LogP contribution in [0, 0.1) is 11.3 Å². The maximum atomic E-state index is 9.66. The molecule has 0 radical (unpaired) electrons. The van der Waals surface area contributed by atoms with E-state index in [4.69, 9.17) is 10.5 Å². The molecule has 3 rings (SSSR count). The van der Waals surface area contributed by atoms with Gasteiger partial charge in [0, 0.05) is 21.2 Å². The molecule has 0 spiro atoms. The highest BCUT2D eigenvalue weighted by Crippen LogP contribution is 2.38. The molecule has 0 aliphatic heterocycles. The molecule has 0 fully saturated rings. The number of rotatable bonds is 5. The van der Waals surface area contributed by atoms with Gasteiger partial charge in [0.05, 0.1) is 12.3 Å². The summed E-state index contributed by atoms with van der Waals surface area (Å²) in [5.41, 5.74) is 11.0. The first-order valence-corrected chi connectivity index (χ1v) is 9.59. The van der Waals surface area contributed by atoms with Crippen LogP contribution in [-0.4, -0.2) is 11.6 Å². The molecule has 0 unspecified atom stereocenters. The fraction of sp³-hybridized carbons (Fsp3) is 0.182. The van der Waals surface area contributed by atoms with Crippen LogP contribution in [0.5, 0.6) is 5.75 Å². The third-order valence-corrected chi connectivity index (χ3v) is 4.84. The van der Waals surface area contributed by atoms with E-state index in [2.05, 4.69) is 46.0 Å². The number of nitrogens with two attached hydrogens (primary N) is 1. The molecular formula is C22H20BrN3O. The Morgan fingerprint density at radius 1 is 1.07 bits per heavy atom. The van der Waals surface area contributed by atoms with Crippen molar-refractivity contribution in [3.05, 3.63) is 64.1 Å². The smallest absolute Gasteiger partial charge is 0.142 e. The molecule has 4 nitrogen and oxygen atoms in total. The van der Waals surface area contributed by atoms with Crippen molar-refractivity contribution < 1.29 is 4.74 Å². The fourth-order valence-corrected chi connectivity index (χ4v) is 3.31. The minimum absolute atomic E-state index is 0.215. The molecular weight excluding hydrogens is 402 g/mol. The van der Waals surface area contributed by atoms with Crippen LogP contribution in [0.4, 0.5) is 5.82 Å². The topological polar surface area (TPSA) is 71.9 Å². The minimum atomic E-state index is 0.215. The molecule has 0 aliphatic rings. The van der Waals surface area contributed by atoms with Crippen LogP contribution in [0.3, 0.4) is 0 Å². The van der Waals surface area contributed by atoms with Crippen LogP contribution in [0.15, 0.2) is 53.0 Å². The summed E-state index contributed by atoms with van der Waals surface area (Å²) in [4.78, 5) is 4.46. The summed E-state index contributed by atoms with van der Waals surface area (Å²) in [7, 11) is 0. The molecule has 3 aromatic rings. The third kappa shape index (κ3) is 3.96. The second-order valence-electron chi connectivity index (χ2n) is 6.05. The van der Waals surface area contributed by atoms with E-state index in [1.54, 1.807) is 0 Å². The van der Waals surface area contributed by atoms with E-state index in [0.717, 1.165) is 27.7 Å². The second kappa shape index (κ2) is 8.24. The summed E-state index contributed by atoms with van der Waals surface area (Å²) >= 11 is 3.50. The molecule has 1 aromatic heterocycles. The van der Waals surface area contributed by atoms with Crippen molar-refractivity contribution in [3.8, 4) is 34.2 Å². The van der Waals surface area contributed by atoms with Gasteiger partial charge in [-0.1, -0.05) is 47.1 Å². The molecule has 0 saturated carbocycles. The summed E-state index contributed by atoms with van der Waals surface area (Å²) in [5.74, 6) is 0.919. The molecule has 0 bridgehead atoms. The second-order valence-corrected chi connectivity index (χ2v) is 6.97. The first kappa shape index (κ1) is 18.9. The Balaban J connectivity index is 2.22. The molecule has 2 aromatic carbocycles. The van der Waals surface area contributed by atoms with Crippen LogP contribution in [0.1, 0.15) is 25.0 Å². The Labute approximate surface area is 167 Å². The van der Waals surface area contributed by atoms with Gasteiger partial charge in [-0.15, -0.1) is 0 Å². The highest BCUT2D eigenvalue weighted by molar-refractivity contribution is 9.10. The lowest BCUT2D eigenvalue weighted by Crippen LogP contribution is -2.01. The van der Waals surface area contributed by atoms with Gasteiger partial charge in [-0.3, -0.25) is 0 Å². The van der Waals surface area contributed by atoms with E-state index >= 15 is 0 Å². The third-order valence-electron chi connectivity index (χ3n) is 4.35. The van der Waals surface area contributed by atoms with Gasteiger partial charge < -0.3 is 10.5 Å². The quantitative estimate of drug-likeness (QED) is 0.582. The number of aromatic nitrogens is 1. The molecule has 27 heavy (non-hydrogen) atoms. The lowest BCUT2D eigenvalue weighted by molar-refractivity contribution is 0.341. The highest BCUT2D eigenvalue weighted by atomic mass is 79.9. The maximum Gasteiger partial charge on any atom is 0.142 e. The molecule has 1 heterocycles. The van der Waals surface area contributed by atoms with Gasteiger partial charge in [-0.05, 0) is 43.2 Å². The van der Waals surface area contributed by atoms with Gasteiger partial charge in [0.25, 0.3) is 0 Å². The van der Waals surface area contributed by atoms with Crippen molar-refractivity contribution in [2.24, 2.45) is 0 Å². The predicted molar refractivity (Wildman–Crippen MR) is 112 cm³/mol. The lowest BCUT2D eigenvalue weighted by Gasteiger charge is -2.14. The molecule has 2 N–H and O–H groups in total. The van der Waals surface area contributed by atoms with Gasteiger partial charge in [0.15, 0.2) is 0 Å². The zero-order chi connectivity index (χ0) is 19.4. The molecule has 0 atom stereocenters. The van der Waals surface area contributed by atoms with Crippen LogP contribution < -0.4 is 10.5 Å². The van der Waals surface area contributed by atoms with Gasteiger partial charge in [0.1, 0.15) is 23.2 Å². The summed E-state index contributed by atoms with van der Waals surface area (Å²) in [5, 5.41) is 9.66. The number of nitriles is 1. The number of anilines is 1. The van der Waals surface area contributed by atoms with Gasteiger partial charge in [0.2, 0.25) is 0 Å². The maximum absolute atomic E-state index is 9.66. The Morgan fingerprint density at radius 2 is 1.81 bits per heavy atom. The Morgan fingerprint density at radius 3 is 2.44 bits per heavy atom. The standard InChI is InChI=1S/C22H20BrN3O/c1-3-14-5-7-15(8-6-14)20-12-17(19(13-24)22(25)26-20)18-11-16(23)9-10-21(18)27-4-2/h5-12H,3-4H2,1-2H3,(H2,25,26). The summed E-state index contributed by atoms with van der Waals surface area (Å²) < 4.78 is 6.67. The van der Waals surface area contributed by atoms with E-state index in [9.17, 15) is 5.26 Å². The van der Waals surface area contributed by atoms with Gasteiger partial charge in [-0.2, -0.15) is 5.26 Å². The number of halogens is 1. The number of nitrogen functional groups attached to an aromatic ring is 1. The number of benzene rings is 2. The normalized spacial score (nSPS) is 10.4. The molecule has 0 aliphatic carbocycles. The first-order valence-electron chi connectivity index (χ1n) is 8.80. The van der Waals surface area contributed by atoms with Crippen LogP contribution in [0.25, 0.3) is 22.4 Å². The Bertz CT molecular complexity index is 1010. The Hall–Kier alpha value is -2.84. The van der Waals surface area contributed by atoms with Crippen molar-refractivity contribution in [3.63, 3.8) is 0 Å². The van der Waals surface area contributed by atoms with Gasteiger partial charge in [-0.25, -0.2) is 4.98 Å². The van der Waals surface area contributed by atoms with E-state index in [1.165, 1.54) is 5.56 Å². The summed E-state index contributed by atoms with van der Waals surface area (Å²) in [6.07, 6.45) is 0.976. The largest absolute Gasteiger partial charge is 0.493 e. The van der Waals surface area contributed by atoms with Crippen molar-refractivity contribution in [2.45, 2.75) is 20.3 Å². The lowest BCUT2D eigenvalue weighted by atomic mass is 9.97. The van der Waals surface area contributed by atoms with Crippen LogP contribution in [-0.2, 0) is 6.42 Å². The fourth-order valence-electron chi connectivity index (χ4n) is 2.95. The van der Waals surface area contributed by atoms with E-state index in [1.807, 2.05) is 43.3 Å². The van der Waals surface area contributed by atoms with Crippen molar-refractivity contribution >= 4 is 21.7 Å². The van der Waals surface area contributed by atoms with Crippen LogP contribution in [0.2, 0.25) is 0 Å². The SMILES string of the molecule is CCOc1ccc(Br)cc1-c1cc(-c2ccc(CC)cc2)nc(N)c1C#N. The average Bonchev–Trinajstić information content (AvgIpc) is 2.69. The summed E-state index contributed by atoms with van der Waals surface area (Å²) in [6, 6.07) is 18.0. The number of ether oxygens (including phenoxy) is 1. The zero-order valence-electron chi connectivity index (χ0n) is 15.3. The van der Waals surface area contributed by atoms with E-state index in [0.29, 0.717) is 23.5 Å². The van der Waals surface area contributed by atoms with Crippen molar-refractivity contribution in [1.29, 1.82) is 5.26 Å². The number of hydrogen-bond acceptors (Lipinski definition) is 4. The number of pyridine rings is 1. The van der Waals surface area contributed by atoms with Crippen LogP contribution >= 0.6 is 15.9 Å². The predicted octanol–water partition coefficient (Wildman–Crippen LogP) is 5.59. The Kier molecular flexibility index (Phi) is 5.78. The van der Waals surface area contributed by atoms with Gasteiger partial charge >= 0.3 is 0 Å². The zero-order valence-corrected chi connectivity index (χ0v) is 16.9. The van der Waals surface area contributed by atoms with Crippen molar-refractivity contribution in [2.75, 3.05) is 12.3 Å². The monoisotopic (exact) mass is 421 g/mol. The number of hydrogen-bond donors (Lipinski definition) is 1. The molecule has 0 amide bonds. The highest BCUT2D eigenvalue weighted by Gasteiger charge is 2.17. The first-order chi connectivity index (χ1) is 13.1. The number of nitrogens with zero attached hydrogens (tertiary/aromatic N) is 2. The van der Waals surface area contributed by atoms with E-state index < -0.39 is 0 Å².